The average Bonchev–Trinajstić information content (AvgIpc) is 2.80. The van der Waals surface area contributed by atoms with Crippen molar-refractivity contribution in [3.8, 4) is 0 Å². The summed E-state index contributed by atoms with van der Waals surface area (Å²) in [6.07, 6.45) is 2.09. The maximum absolute atomic E-state index is 13.4. The predicted octanol–water partition coefficient (Wildman–Crippen LogP) is 3.43. The molecular weight excluding hydrogens is 248 g/mol. The van der Waals surface area contributed by atoms with E-state index in [2.05, 4.69) is 12.2 Å². The molecule has 1 aliphatic heterocycles. The van der Waals surface area contributed by atoms with Crippen LogP contribution in [0.3, 0.4) is 0 Å². The Labute approximate surface area is 113 Å². The van der Waals surface area contributed by atoms with Crippen molar-refractivity contribution >= 4 is 0 Å². The van der Waals surface area contributed by atoms with Gasteiger partial charge in [0, 0.05) is 18.6 Å². The minimum Gasteiger partial charge on any atom is -0.378 e. The largest absolute Gasteiger partial charge is 0.378 e. The molecule has 1 aromatic carbocycles. The molecule has 1 aliphatic rings. The predicted molar refractivity (Wildman–Crippen MR) is 70.9 cm³/mol. The molecule has 3 atom stereocenters. The SMILES string of the molecule is CCCNC(c1ccc(F)c(F)c1)C1CCOC1C. The highest BCUT2D eigenvalue weighted by atomic mass is 19.2. The first-order chi connectivity index (χ1) is 9.13. The molecule has 0 saturated carbocycles. The van der Waals surface area contributed by atoms with Gasteiger partial charge in [0.2, 0.25) is 0 Å². The Morgan fingerprint density at radius 1 is 1.37 bits per heavy atom. The summed E-state index contributed by atoms with van der Waals surface area (Å²) in [5.41, 5.74) is 0.801. The number of hydrogen-bond acceptors (Lipinski definition) is 2. The van der Waals surface area contributed by atoms with Crippen LogP contribution in [0.5, 0.6) is 0 Å². The Balaban J connectivity index is 2.22. The second-order valence-electron chi connectivity index (χ2n) is 5.13. The molecule has 4 heteroatoms. The molecule has 0 bridgehead atoms. The molecule has 2 rings (SSSR count). The van der Waals surface area contributed by atoms with Gasteiger partial charge in [-0.05, 0) is 44.0 Å². The molecule has 0 spiro atoms. The molecule has 0 aromatic heterocycles. The van der Waals surface area contributed by atoms with Crippen molar-refractivity contribution in [3.63, 3.8) is 0 Å². The molecule has 1 heterocycles. The quantitative estimate of drug-likeness (QED) is 0.884. The molecule has 19 heavy (non-hydrogen) atoms. The Bertz CT molecular complexity index is 425. The number of hydrogen-bond donors (Lipinski definition) is 1. The van der Waals surface area contributed by atoms with Gasteiger partial charge >= 0.3 is 0 Å². The fraction of sp³-hybridized carbons (Fsp3) is 0.600. The summed E-state index contributed by atoms with van der Waals surface area (Å²) in [5, 5.41) is 3.44. The number of halogens is 2. The monoisotopic (exact) mass is 269 g/mol. The molecule has 106 valence electrons. The molecular formula is C15H21F2NO. The Morgan fingerprint density at radius 3 is 2.74 bits per heavy atom. The molecule has 0 amide bonds. The number of nitrogens with one attached hydrogen (secondary N) is 1. The van der Waals surface area contributed by atoms with E-state index < -0.39 is 11.6 Å². The first kappa shape index (κ1) is 14.4. The molecule has 3 unspecified atom stereocenters. The molecule has 1 N–H and O–H groups in total. The standard InChI is InChI=1S/C15H21F2NO/c1-3-7-18-15(12-6-8-19-10(12)2)11-4-5-13(16)14(17)9-11/h4-5,9-10,12,15,18H,3,6-8H2,1-2H3. The van der Waals surface area contributed by atoms with Gasteiger partial charge in [0.05, 0.1) is 6.10 Å². The summed E-state index contributed by atoms with van der Waals surface area (Å²) in [4.78, 5) is 0. The van der Waals surface area contributed by atoms with Crippen molar-refractivity contribution in [2.45, 2.75) is 38.8 Å². The highest BCUT2D eigenvalue weighted by Gasteiger charge is 2.32. The third kappa shape index (κ3) is 3.31. The molecule has 0 radical (unpaired) electrons. The summed E-state index contributed by atoms with van der Waals surface area (Å²) in [7, 11) is 0. The summed E-state index contributed by atoms with van der Waals surface area (Å²) < 4.78 is 32.1. The van der Waals surface area contributed by atoms with E-state index in [9.17, 15) is 8.78 Å². The summed E-state index contributed by atoms with van der Waals surface area (Å²) in [6.45, 7) is 5.72. The molecule has 1 aromatic rings. The van der Waals surface area contributed by atoms with Crippen molar-refractivity contribution in [1.82, 2.24) is 5.32 Å². The minimum absolute atomic E-state index is 0.0209. The molecule has 1 saturated heterocycles. The van der Waals surface area contributed by atoms with Gasteiger partial charge in [-0.25, -0.2) is 8.78 Å². The first-order valence-corrected chi connectivity index (χ1v) is 6.93. The van der Waals surface area contributed by atoms with E-state index in [0.717, 1.165) is 31.6 Å². The van der Waals surface area contributed by atoms with Crippen LogP contribution in [-0.4, -0.2) is 19.3 Å². The van der Waals surface area contributed by atoms with Gasteiger partial charge in [0.1, 0.15) is 0 Å². The van der Waals surface area contributed by atoms with Crippen molar-refractivity contribution in [2.24, 2.45) is 5.92 Å². The van der Waals surface area contributed by atoms with Gasteiger partial charge in [0.15, 0.2) is 11.6 Å². The molecule has 1 fully saturated rings. The third-order valence-electron chi connectivity index (χ3n) is 3.78. The Kier molecular flexibility index (Phi) is 4.88. The van der Waals surface area contributed by atoms with Crippen LogP contribution < -0.4 is 5.32 Å². The zero-order chi connectivity index (χ0) is 13.8. The number of benzene rings is 1. The lowest BCUT2D eigenvalue weighted by atomic mass is 9.88. The van der Waals surface area contributed by atoms with Crippen LogP contribution in [0.1, 0.15) is 38.3 Å². The fourth-order valence-corrected chi connectivity index (χ4v) is 2.71. The second-order valence-corrected chi connectivity index (χ2v) is 5.13. The fourth-order valence-electron chi connectivity index (χ4n) is 2.71. The van der Waals surface area contributed by atoms with E-state index in [0.29, 0.717) is 5.92 Å². The van der Waals surface area contributed by atoms with Crippen molar-refractivity contribution < 1.29 is 13.5 Å². The Hall–Kier alpha value is -1.00. The van der Waals surface area contributed by atoms with Gasteiger partial charge in [0.25, 0.3) is 0 Å². The lowest BCUT2D eigenvalue weighted by Crippen LogP contribution is -2.32. The van der Waals surface area contributed by atoms with E-state index in [4.69, 9.17) is 4.74 Å². The van der Waals surface area contributed by atoms with Gasteiger partial charge < -0.3 is 10.1 Å². The van der Waals surface area contributed by atoms with Crippen molar-refractivity contribution in [2.75, 3.05) is 13.2 Å². The second kappa shape index (κ2) is 6.44. The summed E-state index contributed by atoms with van der Waals surface area (Å²) in [6, 6.07) is 4.18. The zero-order valence-electron chi connectivity index (χ0n) is 11.5. The third-order valence-corrected chi connectivity index (χ3v) is 3.78. The van der Waals surface area contributed by atoms with Crippen LogP contribution in [0.25, 0.3) is 0 Å². The maximum atomic E-state index is 13.4. The average molecular weight is 269 g/mol. The van der Waals surface area contributed by atoms with Crippen LogP contribution in [0, 0.1) is 17.6 Å². The zero-order valence-corrected chi connectivity index (χ0v) is 11.5. The van der Waals surface area contributed by atoms with Crippen LogP contribution in [-0.2, 0) is 4.74 Å². The van der Waals surface area contributed by atoms with E-state index in [1.807, 2.05) is 6.92 Å². The van der Waals surface area contributed by atoms with E-state index in [1.165, 1.54) is 12.1 Å². The highest BCUT2D eigenvalue weighted by Crippen LogP contribution is 2.33. The van der Waals surface area contributed by atoms with Crippen LogP contribution in [0.4, 0.5) is 8.78 Å². The van der Waals surface area contributed by atoms with Gasteiger partial charge in [-0.2, -0.15) is 0 Å². The number of rotatable bonds is 5. The van der Waals surface area contributed by atoms with Crippen molar-refractivity contribution in [3.05, 3.63) is 35.4 Å². The van der Waals surface area contributed by atoms with Crippen LogP contribution in [0.2, 0.25) is 0 Å². The van der Waals surface area contributed by atoms with E-state index in [1.54, 1.807) is 6.07 Å². The normalized spacial score (nSPS) is 24.6. The lowest BCUT2D eigenvalue weighted by Gasteiger charge is -2.27. The van der Waals surface area contributed by atoms with Crippen LogP contribution in [0.15, 0.2) is 18.2 Å². The molecule has 2 nitrogen and oxygen atoms in total. The summed E-state index contributed by atoms with van der Waals surface area (Å²) >= 11 is 0. The maximum Gasteiger partial charge on any atom is 0.159 e. The first-order valence-electron chi connectivity index (χ1n) is 6.93. The number of ether oxygens (including phenoxy) is 1. The topological polar surface area (TPSA) is 21.3 Å². The van der Waals surface area contributed by atoms with Crippen LogP contribution >= 0.6 is 0 Å². The minimum atomic E-state index is -0.797. The van der Waals surface area contributed by atoms with Gasteiger partial charge in [-0.3, -0.25) is 0 Å². The molecule has 0 aliphatic carbocycles. The van der Waals surface area contributed by atoms with Gasteiger partial charge in [-0.15, -0.1) is 0 Å². The Morgan fingerprint density at radius 2 is 2.16 bits per heavy atom. The smallest absolute Gasteiger partial charge is 0.159 e. The lowest BCUT2D eigenvalue weighted by molar-refractivity contribution is 0.0953. The van der Waals surface area contributed by atoms with E-state index in [-0.39, 0.29) is 12.1 Å². The highest BCUT2D eigenvalue weighted by molar-refractivity contribution is 5.22. The van der Waals surface area contributed by atoms with Gasteiger partial charge in [-0.1, -0.05) is 13.0 Å². The summed E-state index contributed by atoms with van der Waals surface area (Å²) in [5.74, 6) is -1.28. The van der Waals surface area contributed by atoms with Crippen molar-refractivity contribution in [1.29, 1.82) is 0 Å². The van der Waals surface area contributed by atoms with E-state index >= 15 is 0 Å².